The third kappa shape index (κ3) is 2.84. The van der Waals surface area contributed by atoms with Gasteiger partial charge in [-0.25, -0.2) is 0 Å². The number of aliphatic hydroxyl groups is 1. The zero-order valence-corrected chi connectivity index (χ0v) is 11.0. The summed E-state index contributed by atoms with van der Waals surface area (Å²) in [5.41, 5.74) is 0. The standard InChI is InChI=1S/C13H21NOS/c1-10(7-13-4-3-11(2)16-13)14-6-5-12(8-14)9-15/h3-4,10,12,15H,5-9H2,1-2H3. The van der Waals surface area contributed by atoms with Gasteiger partial charge in [0, 0.05) is 28.9 Å². The van der Waals surface area contributed by atoms with Crippen molar-refractivity contribution in [2.24, 2.45) is 5.92 Å². The Bertz CT molecular complexity index is 336. The maximum Gasteiger partial charge on any atom is 0.0471 e. The van der Waals surface area contributed by atoms with Gasteiger partial charge in [-0.1, -0.05) is 0 Å². The van der Waals surface area contributed by atoms with Crippen LogP contribution in [0.4, 0.5) is 0 Å². The predicted octanol–water partition coefficient (Wildman–Crippen LogP) is 2.30. The summed E-state index contributed by atoms with van der Waals surface area (Å²) in [5.74, 6) is 0.507. The van der Waals surface area contributed by atoms with Crippen molar-refractivity contribution < 1.29 is 5.11 Å². The minimum absolute atomic E-state index is 0.349. The van der Waals surface area contributed by atoms with Crippen LogP contribution in [0.15, 0.2) is 12.1 Å². The van der Waals surface area contributed by atoms with E-state index in [2.05, 4.69) is 30.9 Å². The molecule has 0 radical (unpaired) electrons. The van der Waals surface area contributed by atoms with E-state index in [1.807, 2.05) is 11.3 Å². The van der Waals surface area contributed by atoms with Crippen LogP contribution in [-0.4, -0.2) is 35.7 Å². The van der Waals surface area contributed by atoms with Gasteiger partial charge in [0.25, 0.3) is 0 Å². The normalized spacial score (nSPS) is 23.8. The first-order valence-corrected chi connectivity index (χ1v) is 6.91. The van der Waals surface area contributed by atoms with Gasteiger partial charge in [-0.2, -0.15) is 0 Å². The van der Waals surface area contributed by atoms with Crippen LogP contribution >= 0.6 is 11.3 Å². The molecule has 1 aromatic rings. The molecule has 1 aliphatic rings. The van der Waals surface area contributed by atoms with E-state index < -0.39 is 0 Å². The zero-order chi connectivity index (χ0) is 11.5. The molecule has 2 unspecified atom stereocenters. The van der Waals surface area contributed by atoms with Crippen LogP contribution in [-0.2, 0) is 6.42 Å². The van der Waals surface area contributed by atoms with Crippen molar-refractivity contribution in [1.82, 2.24) is 4.90 Å². The van der Waals surface area contributed by atoms with E-state index in [0.717, 1.165) is 25.9 Å². The molecule has 1 aliphatic heterocycles. The number of rotatable bonds is 4. The molecule has 16 heavy (non-hydrogen) atoms. The molecule has 2 nitrogen and oxygen atoms in total. The van der Waals surface area contributed by atoms with Crippen molar-refractivity contribution >= 4 is 11.3 Å². The fourth-order valence-electron chi connectivity index (χ4n) is 2.43. The highest BCUT2D eigenvalue weighted by Crippen LogP contribution is 2.22. The van der Waals surface area contributed by atoms with Gasteiger partial charge in [0.15, 0.2) is 0 Å². The third-order valence-corrected chi connectivity index (χ3v) is 4.51. The molecule has 0 spiro atoms. The maximum atomic E-state index is 9.13. The Balaban J connectivity index is 1.86. The molecule has 2 atom stereocenters. The SMILES string of the molecule is Cc1ccc(CC(C)N2CCC(CO)C2)s1. The number of thiophene rings is 1. The summed E-state index contributed by atoms with van der Waals surface area (Å²) in [6.45, 7) is 7.03. The van der Waals surface area contributed by atoms with Gasteiger partial charge in [0.05, 0.1) is 0 Å². The van der Waals surface area contributed by atoms with Crippen LogP contribution in [0.5, 0.6) is 0 Å². The van der Waals surface area contributed by atoms with Crippen LogP contribution in [0.1, 0.15) is 23.1 Å². The van der Waals surface area contributed by atoms with Gasteiger partial charge in [-0.05, 0) is 51.3 Å². The van der Waals surface area contributed by atoms with E-state index in [0.29, 0.717) is 18.6 Å². The molecule has 2 heterocycles. The second kappa shape index (κ2) is 5.30. The lowest BCUT2D eigenvalue weighted by molar-refractivity contribution is 0.204. The highest BCUT2D eigenvalue weighted by atomic mass is 32.1. The number of aliphatic hydroxyl groups excluding tert-OH is 1. The number of hydrogen-bond donors (Lipinski definition) is 1. The highest BCUT2D eigenvalue weighted by Gasteiger charge is 2.25. The van der Waals surface area contributed by atoms with Crippen molar-refractivity contribution in [3.8, 4) is 0 Å². The lowest BCUT2D eigenvalue weighted by Crippen LogP contribution is -2.32. The van der Waals surface area contributed by atoms with Crippen LogP contribution < -0.4 is 0 Å². The number of nitrogens with zero attached hydrogens (tertiary/aromatic N) is 1. The number of likely N-dealkylation sites (tertiary alicyclic amines) is 1. The molecule has 0 bridgehead atoms. The van der Waals surface area contributed by atoms with E-state index in [-0.39, 0.29) is 0 Å². The molecule has 1 fully saturated rings. The van der Waals surface area contributed by atoms with Gasteiger partial charge in [-0.3, -0.25) is 4.90 Å². The summed E-state index contributed by atoms with van der Waals surface area (Å²) in [7, 11) is 0. The molecule has 1 N–H and O–H groups in total. The van der Waals surface area contributed by atoms with Gasteiger partial charge in [-0.15, -0.1) is 11.3 Å². The lowest BCUT2D eigenvalue weighted by Gasteiger charge is -2.23. The first-order chi connectivity index (χ1) is 7.69. The fourth-order valence-corrected chi connectivity index (χ4v) is 3.44. The number of hydrogen-bond acceptors (Lipinski definition) is 3. The molecule has 0 amide bonds. The minimum Gasteiger partial charge on any atom is -0.396 e. The maximum absolute atomic E-state index is 9.13. The van der Waals surface area contributed by atoms with Crippen molar-refractivity contribution in [2.75, 3.05) is 19.7 Å². The summed E-state index contributed by atoms with van der Waals surface area (Å²) in [5, 5.41) is 9.13. The van der Waals surface area contributed by atoms with E-state index in [4.69, 9.17) is 5.11 Å². The molecule has 0 aliphatic carbocycles. The van der Waals surface area contributed by atoms with Crippen LogP contribution in [0.2, 0.25) is 0 Å². The summed E-state index contributed by atoms with van der Waals surface area (Å²) in [4.78, 5) is 5.39. The van der Waals surface area contributed by atoms with E-state index in [1.165, 1.54) is 9.75 Å². The van der Waals surface area contributed by atoms with Gasteiger partial charge in [0.2, 0.25) is 0 Å². The Morgan fingerprint density at radius 3 is 2.94 bits per heavy atom. The van der Waals surface area contributed by atoms with E-state index >= 15 is 0 Å². The molecule has 0 saturated carbocycles. The lowest BCUT2D eigenvalue weighted by atomic mass is 10.1. The Hall–Kier alpha value is -0.380. The van der Waals surface area contributed by atoms with Gasteiger partial charge >= 0.3 is 0 Å². The molecular formula is C13H21NOS. The Morgan fingerprint density at radius 2 is 2.38 bits per heavy atom. The van der Waals surface area contributed by atoms with Crippen molar-refractivity contribution in [3.63, 3.8) is 0 Å². The minimum atomic E-state index is 0.349. The van der Waals surface area contributed by atoms with E-state index in [1.54, 1.807) is 0 Å². The largest absolute Gasteiger partial charge is 0.396 e. The quantitative estimate of drug-likeness (QED) is 0.871. The van der Waals surface area contributed by atoms with Crippen LogP contribution in [0.3, 0.4) is 0 Å². The summed E-state index contributed by atoms with van der Waals surface area (Å²) in [6, 6.07) is 5.05. The first kappa shape index (κ1) is 12.1. The monoisotopic (exact) mass is 239 g/mol. The molecule has 1 saturated heterocycles. The third-order valence-electron chi connectivity index (χ3n) is 3.49. The fraction of sp³-hybridized carbons (Fsp3) is 0.692. The van der Waals surface area contributed by atoms with Crippen molar-refractivity contribution in [2.45, 2.75) is 32.7 Å². The highest BCUT2D eigenvalue weighted by molar-refractivity contribution is 7.11. The topological polar surface area (TPSA) is 23.5 Å². The molecular weight excluding hydrogens is 218 g/mol. The Morgan fingerprint density at radius 1 is 1.56 bits per heavy atom. The molecule has 3 heteroatoms. The molecule has 90 valence electrons. The van der Waals surface area contributed by atoms with Crippen molar-refractivity contribution in [3.05, 3.63) is 21.9 Å². The second-order valence-corrected chi connectivity index (χ2v) is 6.27. The van der Waals surface area contributed by atoms with Gasteiger partial charge in [0.1, 0.15) is 0 Å². The average molecular weight is 239 g/mol. The Kier molecular flexibility index (Phi) is 4.00. The summed E-state index contributed by atoms with van der Waals surface area (Å²) in [6.07, 6.45) is 2.31. The van der Waals surface area contributed by atoms with E-state index in [9.17, 15) is 0 Å². The predicted molar refractivity (Wildman–Crippen MR) is 69.0 cm³/mol. The Labute approximate surface area is 102 Å². The van der Waals surface area contributed by atoms with Gasteiger partial charge < -0.3 is 5.11 Å². The smallest absolute Gasteiger partial charge is 0.0471 e. The second-order valence-electron chi connectivity index (χ2n) is 4.90. The zero-order valence-electron chi connectivity index (χ0n) is 10.1. The van der Waals surface area contributed by atoms with Crippen molar-refractivity contribution in [1.29, 1.82) is 0 Å². The van der Waals surface area contributed by atoms with Crippen LogP contribution in [0, 0.1) is 12.8 Å². The summed E-state index contributed by atoms with van der Waals surface area (Å²) >= 11 is 1.91. The summed E-state index contributed by atoms with van der Waals surface area (Å²) < 4.78 is 0. The average Bonchev–Trinajstić information content (AvgIpc) is 2.87. The van der Waals surface area contributed by atoms with Crippen LogP contribution in [0.25, 0.3) is 0 Å². The number of aryl methyl sites for hydroxylation is 1. The molecule has 0 aromatic carbocycles. The molecule has 2 rings (SSSR count). The first-order valence-electron chi connectivity index (χ1n) is 6.09. The molecule has 1 aromatic heterocycles.